The molecule has 3 heterocycles. The number of aliphatic hydroxyl groups is 2. The number of aromatic nitrogens is 4. The maximum Gasteiger partial charge on any atom is 0.167 e. The summed E-state index contributed by atoms with van der Waals surface area (Å²) in [6.07, 6.45) is 3.17. The zero-order chi connectivity index (χ0) is 19.0. The van der Waals surface area contributed by atoms with Crippen LogP contribution in [0.15, 0.2) is 12.7 Å². The molecule has 0 radical (unpaired) electrons. The molecule has 1 aliphatic carbocycles. The Bertz CT molecular complexity index is 786. The van der Waals surface area contributed by atoms with E-state index < -0.39 is 24.5 Å². The molecule has 2 fully saturated rings. The Morgan fingerprint density at radius 2 is 1.96 bits per heavy atom. The zero-order valence-corrected chi connectivity index (χ0v) is 15.1. The molecule has 1 aliphatic heterocycles. The maximum absolute atomic E-state index is 10.5. The average Bonchev–Trinajstić information content (AvgIpc) is 3.23. The molecule has 0 bridgehead atoms. The number of hydrogen-bond donors (Lipinski definition) is 3. The monoisotopic (exact) mass is 379 g/mol. The van der Waals surface area contributed by atoms with Gasteiger partial charge < -0.3 is 30.2 Å². The minimum Gasteiger partial charge on any atom is -0.387 e. The topological polar surface area (TPSA) is 138 Å². The highest BCUT2D eigenvalue weighted by Crippen LogP contribution is 2.33. The highest BCUT2D eigenvalue weighted by atomic mass is 16.6. The molecule has 2 aromatic rings. The minimum atomic E-state index is -1.14. The number of methoxy groups -OCH3 is 1. The van der Waals surface area contributed by atoms with Crippen LogP contribution in [0.1, 0.15) is 31.9 Å². The first-order chi connectivity index (χ1) is 13.1. The number of imidazole rings is 1. The molecule has 10 nitrogen and oxygen atoms in total. The van der Waals surface area contributed by atoms with Gasteiger partial charge in [0.1, 0.15) is 30.2 Å². The van der Waals surface area contributed by atoms with Gasteiger partial charge in [0, 0.05) is 7.11 Å². The number of nitrogen functional groups attached to an aromatic ring is 1. The molecule has 0 aromatic carbocycles. The summed E-state index contributed by atoms with van der Waals surface area (Å²) in [5.74, 6) is 0.245. The van der Waals surface area contributed by atoms with Crippen LogP contribution in [0.25, 0.3) is 11.2 Å². The molecule has 4 N–H and O–H groups in total. The third-order valence-corrected chi connectivity index (χ3v) is 5.42. The Kier molecular flexibility index (Phi) is 5.24. The van der Waals surface area contributed by atoms with Crippen LogP contribution in [0.2, 0.25) is 0 Å². The lowest BCUT2D eigenvalue weighted by Crippen LogP contribution is -2.39. The Morgan fingerprint density at radius 1 is 1.19 bits per heavy atom. The van der Waals surface area contributed by atoms with Crippen LogP contribution in [0.3, 0.4) is 0 Å². The second-order valence-corrected chi connectivity index (χ2v) is 7.06. The molecule has 1 saturated carbocycles. The number of nitrogens with two attached hydrogens (primary N) is 1. The molecule has 0 spiro atoms. The van der Waals surface area contributed by atoms with E-state index in [1.165, 1.54) is 12.7 Å². The standard InChI is InChI=1S/C17H25N5O5/c1-25-9-4-2-3-5-10(9)26-6-11-13(23)14(24)17(27-11)22-8-21-12-15(18)19-7-20-16(12)22/h7-11,13-14,17,23-24H,2-6H2,1H3,(H2,18,19,20)/t9-,10-,11-,13-,14-,17-/m1/s1. The van der Waals surface area contributed by atoms with E-state index in [1.807, 2.05) is 0 Å². The fourth-order valence-electron chi connectivity index (χ4n) is 3.89. The van der Waals surface area contributed by atoms with Crippen molar-refractivity contribution >= 4 is 17.0 Å². The summed E-state index contributed by atoms with van der Waals surface area (Å²) >= 11 is 0. The van der Waals surface area contributed by atoms with Crippen molar-refractivity contribution in [2.45, 2.75) is 62.4 Å². The minimum absolute atomic E-state index is 0.0302. The van der Waals surface area contributed by atoms with Crippen molar-refractivity contribution in [2.75, 3.05) is 19.5 Å². The van der Waals surface area contributed by atoms with Crippen LogP contribution >= 0.6 is 0 Å². The molecule has 6 atom stereocenters. The van der Waals surface area contributed by atoms with Crippen molar-refractivity contribution in [3.05, 3.63) is 12.7 Å². The molecule has 2 aromatic heterocycles. The van der Waals surface area contributed by atoms with E-state index >= 15 is 0 Å². The third kappa shape index (κ3) is 3.39. The lowest BCUT2D eigenvalue weighted by Gasteiger charge is -2.31. The van der Waals surface area contributed by atoms with Gasteiger partial charge in [-0.1, -0.05) is 12.8 Å². The van der Waals surface area contributed by atoms with Crippen LogP contribution in [0.4, 0.5) is 5.82 Å². The second-order valence-electron chi connectivity index (χ2n) is 7.06. The van der Waals surface area contributed by atoms with Gasteiger partial charge in [-0.3, -0.25) is 4.57 Å². The van der Waals surface area contributed by atoms with Crippen LogP contribution < -0.4 is 5.73 Å². The largest absolute Gasteiger partial charge is 0.387 e. The summed E-state index contributed by atoms with van der Waals surface area (Å²) in [6.45, 7) is 0.170. The number of hydrogen-bond acceptors (Lipinski definition) is 9. The Morgan fingerprint density at radius 3 is 2.74 bits per heavy atom. The van der Waals surface area contributed by atoms with Crippen molar-refractivity contribution in [3.63, 3.8) is 0 Å². The van der Waals surface area contributed by atoms with Gasteiger partial charge >= 0.3 is 0 Å². The molecule has 148 valence electrons. The summed E-state index contributed by atoms with van der Waals surface area (Å²) in [4.78, 5) is 12.2. The van der Waals surface area contributed by atoms with Gasteiger partial charge in [-0.25, -0.2) is 15.0 Å². The van der Waals surface area contributed by atoms with Gasteiger partial charge in [-0.05, 0) is 12.8 Å². The average molecular weight is 379 g/mol. The fraction of sp³-hybridized carbons (Fsp3) is 0.706. The smallest absolute Gasteiger partial charge is 0.167 e. The van der Waals surface area contributed by atoms with E-state index in [1.54, 1.807) is 11.7 Å². The summed E-state index contributed by atoms with van der Waals surface area (Å²) in [5, 5.41) is 20.9. The SMILES string of the molecule is CO[C@@H]1CCCC[C@H]1OC[C@H]1O[C@@H](n2cnc3c(N)ncnc32)[C@H](O)[C@@H]1O. The maximum atomic E-state index is 10.5. The highest BCUT2D eigenvalue weighted by molar-refractivity contribution is 5.81. The number of ether oxygens (including phenoxy) is 3. The van der Waals surface area contributed by atoms with Crippen molar-refractivity contribution in [1.29, 1.82) is 0 Å². The van der Waals surface area contributed by atoms with E-state index in [2.05, 4.69) is 15.0 Å². The number of anilines is 1. The number of fused-ring (bicyclic) bond motifs is 1. The van der Waals surface area contributed by atoms with E-state index in [0.717, 1.165) is 25.7 Å². The third-order valence-electron chi connectivity index (χ3n) is 5.42. The quantitative estimate of drug-likeness (QED) is 0.655. The summed E-state index contributed by atoms with van der Waals surface area (Å²) < 4.78 is 18.9. The van der Waals surface area contributed by atoms with Crippen LogP contribution in [-0.2, 0) is 14.2 Å². The first kappa shape index (κ1) is 18.5. The first-order valence-electron chi connectivity index (χ1n) is 9.19. The molecule has 4 rings (SSSR count). The Balaban J connectivity index is 1.46. The fourth-order valence-corrected chi connectivity index (χ4v) is 3.89. The molecule has 1 saturated heterocycles. The normalized spacial score (nSPS) is 34.3. The number of aliphatic hydroxyl groups excluding tert-OH is 2. The van der Waals surface area contributed by atoms with Gasteiger partial charge in [-0.15, -0.1) is 0 Å². The Labute approximate surface area is 156 Å². The number of nitrogens with zero attached hydrogens (tertiary/aromatic N) is 4. The van der Waals surface area contributed by atoms with E-state index in [9.17, 15) is 10.2 Å². The van der Waals surface area contributed by atoms with E-state index in [-0.39, 0.29) is 24.6 Å². The predicted octanol–water partition coefficient (Wildman–Crippen LogP) is 0.00190. The highest BCUT2D eigenvalue weighted by Gasteiger charge is 2.45. The van der Waals surface area contributed by atoms with Gasteiger partial charge in [0.05, 0.1) is 25.1 Å². The van der Waals surface area contributed by atoms with Gasteiger partial charge in [0.2, 0.25) is 0 Å². The summed E-state index contributed by atoms with van der Waals surface area (Å²) in [5.41, 5.74) is 6.66. The zero-order valence-electron chi connectivity index (χ0n) is 15.1. The van der Waals surface area contributed by atoms with Gasteiger partial charge in [0.15, 0.2) is 17.7 Å². The van der Waals surface area contributed by atoms with E-state index in [4.69, 9.17) is 19.9 Å². The predicted molar refractivity (Wildman–Crippen MR) is 94.7 cm³/mol. The summed E-state index contributed by atoms with van der Waals surface area (Å²) in [7, 11) is 1.69. The summed E-state index contributed by atoms with van der Waals surface area (Å²) in [6, 6.07) is 0. The number of rotatable bonds is 5. The van der Waals surface area contributed by atoms with Crippen molar-refractivity contribution in [3.8, 4) is 0 Å². The van der Waals surface area contributed by atoms with Gasteiger partial charge in [-0.2, -0.15) is 0 Å². The van der Waals surface area contributed by atoms with Crippen molar-refractivity contribution in [2.24, 2.45) is 0 Å². The van der Waals surface area contributed by atoms with Crippen LogP contribution in [-0.4, -0.2) is 74.0 Å². The molecule has 0 unspecified atom stereocenters. The van der Waals surface area contributed by atoms with Crippen molar-refractivity contribution < 1.29 is 24.4 Å². The Hall–Kier alpha value is -1.85. The van der Waals surface area contributed by atoms with E-state index in [0.29, 0.717) is 11.2 Å². The van der Waals surface area contributed by atoms with Crippen LogP contribution in [0.5, 0.6) is 0 Å². The molecule has 0 amide bonds. The molecular formula is C17H25N5O5. The molecule has 10 heteroatoms. The second kappa shape index (κ2) is 7.64. The molecule has 27 heavy (non-hydrogen) atoms. The molecule has 2 aliphatic rings. The van der Waals surface area contributed by atoms with Crippen LogP contribution in [0, 0.1) is 0 Å². The van der Waals surface area contributed by atoms with Crippen molar-refractivity contribution in [1.82, 2.24) is 19.5 Å². The lowest BCUT2D eigenvalue weighted by atomic mass is 9.94. The lowest BCUT2D eigenvalue weighted by molar-refractivity contribution is -0.121. The molecular weight excluding hydrogens is 354 g/mol. The first-order valence-corrected chi connectivity index (χ1v) is 9.19. The van der Waals surface area contributed by atoms with Gasteiger partial charge in [0.25, 0.3) is 0 Å².